The van der Waals surface area contributed by atoms with E-state index in [1.807, 2.05) is 85.1 Å². The van der Waals surface area contributed by atoms with Crippen molar-refractivity contribution in [1.82, 2.24) is 9.97 Å². The third-order valence-corrected chi connectivity index (χ3v) is 8.36. The van der Waals surface area contributed by atoms with Gasteiger partial charge in [-0.15, -0.1) is 48.0 Å². The molecule has 9 rings (SSSR count). The van der Waals surface area contributed by atoms with Crippen LogP contribution in [0.1, 0.15) is 5.56 Å². The maximum absolute atomic E-state index is 6.55. The molecule has 47 heavy (non-hydrogen) atoms. The SMILES string of the molecule is Cc1cnc(-c2[c-]cc3c4c2Oc2ccccc2B4c2ccccc2O3)cc1-c1ccccc1.[Ir].[c-]1ccccc1-c1ccccn1. The molecule has 2 aliphatic heterocycles. The summed E-state index contributed by atoms with van der Waals surface area (Å²) in [7, 11) is 0. The van der Waals surface area contributed by atoms with Gasteiger partial charge in [-0.05, 0) is 64.1 Å². The summed E-state index contributed by atoms with van der Waals surface area (Å²) in [6.07, 6.45) is 3.72. The minimum absolute atomic E-state index is 0. The first-order chi connectivity index (χ1) is 22.7. The molecule has 2 aliphatic rings. The fourth-order valence-electron chi connectivity index (χ4n) is 6.18. The van der Waals surface area contributed by atoms with Crippen LogP contribution < -0.4 is 25.9 Å². The molecule has 0 spiro atoms. The predicted molar refractivity (Wildman–Crippen MR) is 185 cm³/mol. The predicted octanol–water partition coefficient (Wildman–Crippen LogP) is 7.80. The Balaban J connectivity index is 0.000000228. The van der Waals surface area contributed by atoms with Gasteiger partial charge in [0.05, 0.1) is 0 Å². The number of rotatable bonds is 3. The topological polar surface area (TPSA) is 44.2 Å². The summed E-state index contributed by atoms with van der Waals surface area (Å²) < 4.78 is 12.9. The molecule has 0 amide bonds. The Morgan fingerprint density at radius 1 is 0.638 bits per heavy atom. The number of nitrogens with zero attached hydrogens (tertiary/aromatic N) is 2. The Morgan fingerprint density at radius 3 is 2.06 bits per heavy atom. The molecule has 0 atom stereocenters. The first-order valence-electron chi connectivity index (χ1n) is 15.3. The fourth-order valence-corrected chi connectivity index (χ4v) is 6.18. The van der Waals surface area contributed by atoms with E-state index in [-0.39, 0.29) is 26.8 Å². The number of ether oxygens (including phenoxy) is 2. The molecule has 0 aliphatic carbocycles. The van der Waals surface area contributed by atoms with Crippen molar-refractivity contribution in [1.29, 1.82) is 0 Å². The third-order valence-electron chi connectivity index (χ3n) is 8.36. The number of aromatic nitrogens is 2. The van der Waals surface area contributed by atoms with Gasteiger partial charge in [-0.3, -0.25) is 0 Å². The van der Waals surface area contributed by atoms with Gasteiger partial charge in [0.25, 0.3) is 0 Å². The van der Waals surface area contributed by atoms with E-state index in [0.717, 1.165) is 78.6 Å². The van der Waals surface area contributed by atoms with Gasteiger partial charge < -0.3 is 19.4 Å². The van der Waals surface area contributed by atoms with Crippen LogP contribution >= 0.6 is 0 Å². The second-order valence-electron chi connectivity index (χ2n) is 11.2. The minimum atomic E-state index is 0. The number of fused-ring (bicyclic) bond motifs is 4. The van der Waals surface area contributed by atoms with Crippen LogP contribution in [0.15, 0.2) is 146 Å². The molecule has 5 aromatic carbocycles. The van der Waals surface area contributed by atoms with E-state index in [9.17, 15) is 0 Å². The standard InChI is InChI=1S/C30H19BNO2.C11H8N.Ir/c1-19-18-32-25(17-22(19)20-9-3-2-4-10-20)21-15-16-28-29-30(21)34-27-14-8-6-12-24(27)31(29)23-11-5-7-13-26(23)33-28;1-2-6-10(7-3-1)11-8-4-5-9-12-11;/h2-14,16-18H,1H3;1-6,8-9H;/q2*-1;. The van der Waals surface area contributed by atoms with Crippen LogP contribution in [0, 0.1) is 19.1 Å². The monoisotopic (exact) mass is 783 g/mol. The largest absolute Gasteiger partial charge is 0.503 e. The summed E-state index contributed by atoms with van der Waals surface area (Å²) in [5.74, 6) is 3.29. The molecular formula is C41H27BIrN2O2-2. The van der Waals surface area contributed by atoms with Crippen molar-refractivity contribution in [2.45, 2.75) is 6.92 Å². The first kappa shape index (κ1) is 30.4. The second kappa shape index (κ2) is 13.2. The average Bonchev–Trinajstić information content (AvgIpc) is 3.13. The maximum atomic E-state index is 6.55. The van der Waals surface area contributed by atoms with Crippen molar-refractivity contribution < 1.29 is 29.6 Å². The Kier molecular flexibility index (Phi) is 8.54. The molecule has 0 fully saturated rings. The number of aryl methyl sites for hydroxylation is 1. The maximum Gasteiger partial charge on any atom is 0.239 e. The van der Waals surface area contributed by atoms with Crippen LogP contribution in [0.25, 0.3) is 33.6 Å². The zero-order chi connectivity index (χ0) is 30.9. The number of hydrogen-bond acceptors (Lipinski definition) is 4. The molecule has 0 N–H and O–H groups in total. The van der Waals surface area contributed by atoms with E-state index in [1.165, 1.54) is 0 Å². The number of hydrogen-bond donors (Lipinski definition) is 0. The zero-order valence-electron chi connectivity index (χ0n) is 25.5. The minimum Gasteiger partial charge on any atom is -0.503 e. The third kappa shape index (κ3) is 5.78. The average molecular weight is 783 g/mol. The Hall–Kier alpha value is -5.29. The van der Waals surface area contributed by atoms with Gasteiger partial charge >= 0.3 is 0 Å². The molecule has 227 valence electrons. The molecule has 7 aromatic rings. The summed E-state index contributed by atoms with van der Waals surface area (Å²) in [6.45, 7) is 2.13. The summed E-state index contributed by atoms with van der Waals surface area (Å²) in [4.78, 5) is 9.01. The van der Waals surface area contributed by atoms with Crippen molar-refractivity contribution in [3.63, 3.8) is 0 Å². The Morgan fingerprint density at radius 2 is 1.34 bits per heavy atom. The summed E-state index contributed by atoms with van der Waals surface area (Å²) in [5.41, 5.74) is 10.5. The van der Waals surface area contributed by atoms with E-state index in [4.69, 9.17) is 14.5 Å². The van der Waals surface area contributed by atoms with Crippen LogP contribution in [0.3, 0.4) is 0 Å². The van der Waals surface area contributed by atoms with Crippen LogP contribution in [0.5, 0.6) is 23.0 Å². The van der Waals surface area contributed by atoms with Crippen molar-refractivity contribution in [2.75, 3.05) is 0 Å². The normalized spacial score (nSPS) is 11.6. The summed E-state index contributed by atoms with van der Waals surface area (Å²) in [5, 5.41) is 0. The summed E-state index contributed by atoms with van der Waals surface area (Å²) in [6, 6.07) is 51.2. The summed E-state index contributed by atoms with van der Waals surface area (Å²) >= 11 is 0. The first-order valence-corrected chi connectivity index (χ1v) is 15.3. The van der Waals surface area contributed by atoms with Crippen LogP contribution in [0.2, 0.25) is 0 Å². The van der Waals surface area contributed by atoms with E-state index < -0.39 is 0 Å². The molecule has 0 saturated carbocycles. The van der Waals surface area contributed by atoms with Gasteiger partial charge in [-0.1, -0.05) is 96.0 Å². The Bertz CT molecular complexity index is 2130. The van der Waals surface area contributed by atoms with Crippen LogP contribution in [0.4, 0.5) is 0 Å². The van der Waals surface area contributed by atoms with E-state index in [0.29, 0.717) is 0 Å². The smallest absolute Gasteiger partial charge is 0.239 e. The quantitative estimate of drug-likeness (QED) is 0.136. The van der Waals surface area contributed by atoms with E-state index >= 15 is 0 Å². The second-order valence-corrected chi connectivity index (χ2v) is 11.2. The molecule has 1 radical (unpaired) electrons. The molecule has 2 aromatic heterocycles. The zero-order valence-corrected chi connectivity index (χ0v) is 27.9. The van der Waals surface area contributed by atoms with Gasteiger partial charge in [-0.2, -0.15) is 0 Å². The van der Waals surface area contributed by atoms with E-state index in [1.54, 1.807) is 6.20 Å². The number of para-hydroxylation sites is 2. The van der Waals surface area contributed by atoms with Gasteiger partial charge in [0.15, 0.2) is 0 Å². The van der Waals surface area contributed by atoms with Crippen LogP contribution in [-0.2, 0) is 20.1 Å². The van der Waals surface area contributed by atoms with Crippen molar-refractivity contribution in [2.24, 2.45) is 0 Å². The van der Waals surface area contributed by atoms with Crippen molar-refractivity contribution in [3.8, 4) is 56.6 Å². The van der Waals surface area contributed by atoms with Crippen LogP contribution in [-0.4, -0.2) is 16.7 Å². The molecule has 4 nitrogen and oxygen atoms in total. The van der Waals surface area contributed by atoms with Gasteiger partial charge in [-0.25, -0.2) is 0 Å². The van der Waals surface area contributed by atoms with Crippen molar-refractivity contribution in [3.05, 3.63) is 164 Å². The van der Waals surface area contributed by atoms with Gasteiger partial charge in [0.1, 0.15) is 11.5 Å². The molecule has 0 saturated heterocycles. The number of pyridine rings is 2. The number of benzene rings is 5. The molecule has 0 bridgehead atoms. The molecular weight excluding hydrogens is 755 g/mol. The van der Waals surface area contributed by atoms with Gasteiger partial charge in [0.2, 0.25) is 6.71 Å². The van der Waals surface area contributed by atoms with Crippen molar-refractivity contribution >= 4 is 23.1 Å². The molecule has 4 heterocycles. The van der Waals surface area contributed by atoms with E-state index in [2.05, 4.69) is 78.6 Å². The van der Waals surface area contributed by atoms with Gasteiger partial charge in [0, 0.05) is 44.0 Å². The molecule has 6 heteroatoms. The Labute approximate surface area is 288 Å². The fraction of sp³-hybridized carbons (Fsp3) is 0.0244. The molecule has 0 unspecified atom stereocenters.